The Labute approximate surface area is 171 Å². The first-order valence-corrected chi connectivity index (χ1v) is 11.1. The van der Waals surface area contributed by atoms with Gasteiger partial charge in [0.15, 0.2) is 0 Å². The summed E-state index contributed by atoms with van der Waals surface area (Å²) in [6, 6.07) is 12.5. The molecule has 28 heavy (non-hydrogen) atoms. The van der Waals surface area contributed by atoms with Crippen molar-refractivity contribution in [1.82, 2.24) is 5.32 Å². The Morgan fingerprint density at radius 3 is 2.18 bits per heavy atom. The predicted molar refractivity (Wildman–Crippen MR) is 112 cm³/mol. The van der Waals surface area contributed by atoms with Crippen LogP contribution in [-0.2, 0) is 14.8 Å². The lowest BCUT2D eigenvalue weighted by Gasteiger charge is -2.31. The van der Waals surface area contributed by atoms with Gasteiger partial charge in [0.05, 0.1) is 25.1 Å². The number of hydrogen-bond acceptors (Lipinski definition) is 4. The van der Waals surface area contributed by atoms with Gasteiger partial charge in [-0.15, -0.1) is 0 Å². The number of carbonyl (C=O) groups is 1. The molecule has 2 aromatic rings. The molecule has 2 rings (SSSR count). The van der Waals surface area contributed by atoms with E-state index in [0.717, 1.165) is 21.9 Å². The third kappa shape index (κ3) is 5.39. The van der Waals surface area contributed by atoms with Crippen LogP contribution in [0.2, 0.25) is 5.02 Å². The minimum absolute atomic E-state index is 0.293. The average Bonchev–Trinajstić information content (AvgIpc) is 2.66. The number of amides is 1. The van der Waals surface area contributed by atoms with Crippen molar-refractivity contribution in [3.8, 4) is 5.75 Å². The molecule has 152 valence electrons. The van der Waals surface area contributed by atoms with Crippen molar-refractivity contribution in [3.63, 3.8) is 0 Å². The van der Waals surface area contributed by atoms with Crippen molar-refractivity contribution in [2.45, 2.75) is 32.4 Å². The SMILES string of the molecule is CC[C@@H](C(=O)N[C@H](C)c1ccc(OC)cc1)N(c1ccc(Cl)cc1)S(C)(=O)=O. The van der Waals surface area contributed by atoms with Crippen LogP contribution in [0.1, 0.15) is 31.9 Å². The van der Waals surface area contributed by atoms with Gasteiger partial charge in [0.2, 0.25) is 15.9 Å². The molecule has 1 N–H and O–H groups in total. The number of ether oxygens (including phenoxy) is 1. The largest absolute Gasteiger partial charge is 0.497 e. The number of nitrogens with one attached hydrogen (secondary N) is 1. The molecule has 0 heterocycles. The first-order valence-electron chi connectivity index (χ1n) is 8.86. The molecule has 0 saturated carbocycles. The summed E-state index contributed by atoms with van der Waals surface area (Å²) >= 11 is 5.91. The van der Waals surface area contributed by atoms with Crippen LogP contribution in [0.25, 0.3) is 0 Å². The summed E-state index contributed by atoms with van der Waals surface area (Å²) < 4.78 is 31.2. The zero-order valence-corrected chi connectivity index (χ0v) is 17.9. The number of benzene rings is 2. The molecular formula is C20H25ClN2O4S. The second-order valence-electron chi connectivity index (χ2n) is 6.46. The molecule has 0 aromatic heterocycles. The number of halogens is 1. The first-order chi connectivity index (χ1) is 13.2. The van der Waals surface area contributed by atoms with Gasteiger partial charge in [-0.25, -0.2) is 8.42 Å². The lowest BCUT2D eigenvalue weighted by molar-refractivity contribution is -0.122. The zero-order chi connectivity index (χ0) is 20.9. The molecule has 0 aliphatic rings. The van der Waals surface area contributed by atoms with Gasteiger partial charge in [0, 0.05) is 5.02 Å². The highest BCUT2D eigenvalue weighted by Gasteiger charge is 2.32. The van der Waals surface area contributed by atoms with Gasteiger partial charge in [-0.1, -0.05) is 30.7 Å². The zero-order valence-electron chi connectivity index (χ0n) is 16.3. The summed E-state index contributed by atoms with van der Waals surface area (Å²) in [5.41, 5.74) is 1.28. The normalized spacial score (nSPS) is 13.5. The summed E-state index contributed by atoms with van der Waals surface area (Å²) in [7, 11) is -2.10. The monoisotopic (exact) mass is 424 g/mol. The lowest BCUT2D eigenvalue weighted by Crippen LogP contribution is -2.49. The van der Waals surface area contributed by atoms with E-state index in [4.69, 9.17) is 16.3 Å². The van der Waals surface area contributed by atoms with Crippen LogP contribution in [0.5, 0.6) is 5.75 Å². The maximum absolute atomic E-state index is 12.9. The molecule has 0 fully saturated rings. The smallest absolute Gasteiger partial charge is 0.244 e. The van der Waals surface area contributed by atoms with Crippen LogP contribution in [0, 0.1) is 0 Å². The maximum atomic E-state index is 12.9. The fourth-order valence-electron chi connectivity index (χ4n) is 2.93. The Kier molecular flexibility index (Phi) is 7.32. The van der Waals surface area contributed by atoms with Gasteiger partial charge < -0.3 is 10.1 Å². The molecule has 0 aliphatic carbocycles. The number of rotatable bonds is 8. The number of sulfonamides is 1. The Morgan fingerprint density at radius 1 is 1.14 bits per heavy atom. The van der Waals surface area contributed by atoms with Gasteiger partial charge in [-0.2, -0.15) is 0 Å². The highest BCUT2D eigenvalue weighted by Crippen LogP contribution is 2.25. The molecule has 8 heteroatoms. The van der Waals surface area contributed by atoms with Gasteiger partial charge in [0.25, 0.3) is 0 Å². The van der Waals surface area contributed by atoms with E-state index in [0.29, 0.717) is 17.1 Å². The highest BCUT2D eigenvalue weighted by molar-refractivity contribution is 7.92. The van der Waals surface area contributed by atoms with E-state index < -0.39 is 16.1 Å². The predicted octanol–water partition coefficient (Wildman–Crippen LogP) is 3.77. The first kappa shape index (κ1) is 22.0. The molecule has 0 saturated heterocycles. The molecule has 0 aliphatic heterocycles. The van der Waals surface area contributed by atoms with E-state index in [-0.39, 0.29) is 11.9 Å². The molecule has 0 radical (unpaired) electrons. The van der Waals surface area contributed by atoms with Crippen LogP contribution < -0.4 is 14.4 Å². The Bertz CT molecular complexity index is 899. The van der Waals surface area contributed by atoms with E-state index in [2.05, 4.69) is 5.32 Å². The summed E-state index contributed by atoms with van der Waals surface area (Å²) in [4.78, 5) is 12.9. The lowest BCUT2D eigenvalue weighted by atomic mass is 10.1. The molecule has 0 spiro atoms. The summed E-state index contributed by atoms with van der Waals surface area (Å²) in [6.07, 6.45) is 1.40. The third-order valence-electron chi connectivity index (χ3n) is 4.39. The molecule has 0 bridgehead atoms. The van der Waals surface area contributed by atoms with Crippen molar-refractivity contribution in [1.29, 1.82) is 0 Å². The third-order valence-corrected chi connectivity index (χ3v) is 5.82. The van der Waals surface area contributed by atoms with E-state index in [9.17, 15) is 13.2 Å². The second kappa shape index (κ2) is 9.30. The van der Waals surface area contributed by atoms with Crippen molar-refractivity contribution < 1.29 is 17.9 Å². The van der Waals surface area contributed by atoms with Crippen LogP contribution in [0.4, 0.5) is 5.69 Å². The topological polar surface area (TPSA) is 75.7 Å². The number of anilines is 1. The number of nitrogens with zero attached hydrogens (tertiary/aromatic N) is 1. The molecule has 0 unspecified atom stereocenters. The molecule has 6 nitrogen and oxygen atoms in total. The number of carbonyl (C=O) groups excluding carboxylic acids is 1. The average molecular weight is 425 g/mol. The molecule has 2 aromatic carbocycles. The second-order valence-corrected chi connectivity index (χ2v) is 8.76. The fourth-order valence-corrected chi connectivity index (χ4v) is 4.27. The quantitative estimate of drug-likeness (QED) is 0.699. The summed E-state index contributed by atoms with van der Waals surface area (Å²) in [6.45, 7) is 3.62. The maximum Gasteiger partial charge on any atom is 0.244 e. The van der Waals surface area contributed by atoms with E-state index >= 15 is 0 Å². The van der Waals surface area contributed by atoms with Crippen LogP contribution in [0.15, 0.2) is 48.5 Å². The summed E-state index contributed by atoms with van der Waals surface area (Å²) in [5.74, 6) is 0.353. The van der Waals surface area contributed by atoms with Crippen molar-refractivity contribution in [3.05, 3.63) is 59.1 Å². The molecule has 1 amide bonds. The van der Waals surface area contributed by atoms with Crippen molar-refractivity contribution in [2.75, 3.05) is 17.7 Å². The van der Waals surface area contributed by atoms with Crippen molar-refractivity contribution in [2.24, 2.45) is 0 Å². The minimum atomic E-state index is -3.68. The fraction of sp³-hybridized carbons (Fsp3) is 0.350. The van der Waals surface area contributed by atoms with Crippen LogP contribution in [-0.4, -0.2) is 33.7 Å². The van der Waals surface area contributed by atoms with E-state index in [1.165, 1.54) is 0 Å². The van der Waals surface area contributed by atoms with Gasteiger partial charge in [-0.3, -0.25) is 9.10 Å². The number of hydrogen-bond donors (Lipinski definition) is 1. The standard InChI is InChI=1S/C20H25ClN2O4S/c1-5-19(23(28(4,25)26)17-10-8-16(21)9-11-17)20(24)22-14(2)15-6-12-18(27-3)13-7-15/h6-14,19H,5H2,1-4H3,(H,22,24)/t14-,19+/m1/s1. The Hall–Kier alpha value is -2.25. The van der Waals surface area contributed by atoms with Crippen molar-refractivity contribution >= 4 is 33.2 Å². The van der Waals surface area contributed by atoms with Crippen LogP contribution >= 0.6 is 11.6 Å². The summed E-state index contributed by atoms with van der Waals surface area (Å²) in [5, 5.41) is 3.40. The molecule has 2 atom stereocenters. The Balaban J connectivity index is 2.26. The molecular weight excluding hydrogens is 400 g/mol. The Morgan fingerprint density at radius 2 is 1.71 bits per heavy atom. The number of methoxy groups -OCH3 is 1. The highest BCUT2D eigenvalue weighted by atomic mass is 35.5. The minimum Gasteiger partial charge on any atom is -0.497 e. The van der Waals surface area contributed by atoms with Crippen LogP contribution in [0.3, 0.4) is 0 Å². The van der Waals surface area contributed by atoms with Gasteiger partial charge >= 0.3 is 0 Å². The van der Waals surface area contributed by atoms with E-state index in [1.807, 2.05) is 31.2 Å². The van der Waals surface area contributed by atoms with Gasteiger partial charge in [0.1, 0.15) is 11.8 Å². The van der Waals surface area contributed by atoms with E-state index in [1.54, 1.807) is 38.3 Å². The van der Waals surface area contributed by atoms with Gasteiger partial charge in [-0.05, 0) is 55.3 Å².